The van der Waals surface area contributed by atoms with E-state index < -0.39 is 10.4 Å². The quantitative estimate of drug-likeness (QED) is 0.256. The summed E-state index contributed by atoms with van der Waals surface area (Å²) >= 11 is 0. The SMILES string of the molecule is C=COS(=O)(=O)OO.[NaH]. The number of rotatable bonds is 3. The van der Waals surface area contributed by atoms with E-state index in [2.05, 4.69) is 15.1 Å². The molecular weight excluding hydrogens is 159 g/mol. The van der Waals surface area contributed by atoms with Crippen LogP contribution < -0.4 is 0 Å². The minimum absolute atomic E-state index is 0. The minimum atomic E-state index is -4.23. The third kappa shape index (κ3) is 6.29. The van der Waals surface area contributed by atoms with Crippen LogP contribution in [0.25, 0.3) is 0 Å². The van der Waals surface area contributed by atoms with Crippen molar-refractivity contribution >= 4 is 40.0 Å². The van der Waals surface area contributed by atoms with Crippen LogP contribution in [0.15, 0.2) is 12.8 Å². The second-order valence-corrected chi connectivity index (χ2v) is 1.90. The van der Waals surface area contributed by atoms with Gasteiger partial charge in [-0.2, -0.15) is 8.42 Å². The first kappa shape index (κ1) is 12.1. The Labute approximate surface area is 74.8 Å². The van der Waals surface area contributed by atoms with Gasteiger partial charge in [-0.25, -0.2) is 5.26 Å². The molecular formula is C2H5NaO5S. The Morgan fingerprint density at radius 1 is 1.56 bits per heavy atom. The standard InChI is InChI=1S/C2H4O5S.Na.H/c1-2-6-8(4,5)7-3;;/h2-3H,1H2;;. The van der Waals surface area contributed by atoms with Crippen molar-refractivity contribution < 1.29 is 22.2 Å². The average Bonchev–Trinajstić information content (AvgIpc) is 1.67. The van der Waals surface area contributed by atoms with Crippen LogP contribution in [0.4, 0.5) is 0 Å². The van der Waals surface area contributed by atoms with Gasteiger partial charge in [0, 0.05) is 0 Å². The summed E-state index contributed by atoms with van der Waals surface area (Å²) in [4.78, 5) is 0. The van der Waals surface area contributed by atoms with Gasteiger partial charge in [0.1, 0.15) is 6.26 Å². The zero-order valence-corrected chi connectivity index (χ0v) is 4.59. The zero-order valence-electron chi connectivity index (χ0n) is 3.77. The molecule has 0 unspecified atom stereocenters. The molecule has 0 rings (SSSR count). The van der Waals surface area contributed by atoms with Gasteiger partial charge in [0.05, 0.1) is 0 Å². The number of hydrogen-bond donors (Lipinski definition) is 1. The van der Waals surface area contributed by atoms with Crippen molar-refractivity contribution in [1.82, 2.24) is 0 Å². The van der Waals surface area contributed by atoms with E-state index in [4.69, 9.17) is 5.26 Å². The van der Waals surface area contributed by atoms with Crippen LogP contribution in [0.5, 0.6) is 0 Å². The maximum atomic E-state index is 9.83. The Balaban J connectivity index is 0. The molecule has 0 aliphatic heterocycles. The van der Waals surface area contributed by atoms with Crippen LogP contribution >= 0.6 is 0 Å². The molecule has 0 heterocycles. The second-order valence-electron chi connectivity index (χ2n) is 0.746. The third-order valence-corrected chi connectivity index (χ3v) is 0.832. The molecule has 0 aliphatic rings. The van der Waals surface area contributed by atoms with Gasteiger partial charge in [0.2, 0.25) is 0 Å². The Hall–Kier alpha value is 0.410. The van der Waals surface area contributed by atoms with Crippen LogP contribution in [0.2, 0.25) is 0 Å². The van der Waals surface area contributed by atoms with Gasteiger partial charge in [-0.15, -0.1) is 0 Å². The molecule has 0 fully saturated rings. The van der Waals surface area contributed by atoms with Crippen LogP contribution in [0.3, 0.4) is 0 Å². The van der Waals surface area contributed by atoms with Gasteiger partial charge in [0.25, 0.3) is 0 Å². The van der Waals surface area contributed by atoms with E-state index in [-0.39, 0.29) is 29.6 Å². The molecule has 0 atom stereocenters. The first-order chi connectivity index (χ1) is 3.62. The van der Waals surface area contributed by atoms with Gasteiger partial charge < -0.3 is 4.18 Å². The van der Waals surface area contributed by atoms with Crippen LogP contribution in [-0.2, 0) is 18.9 Å². The predicted molar refractivity (Wildman–Crippen MR) is 31.1 cm³/mol. The summed E-state index contributed by atoms with van der Waals surface area (Å²) in [6.45, 7) is 2.90. The van der Waals surface area contributed by atoms with Gasteiger partial charge in [-0.05, 0) is 0 Å². The van der Waals surface area contributed by atoms with E-state index in [1.807, 2.05) is 0 Å². The molecule has 0 aromatic carbocycles. The van der Waals surface area contributed by atoms with Gasteiger partial charge in [-0.1, -0.05) is 10.9 Å². The van der Waals surface area contributed by atoms with Gasteiger partial charge >= 0.3 is 40.0 Å². The molecule has 0 aromatic heterocycles. The number of hydrogen-bond acceptors (Lipinski definition) is 5. The van der Waals surface area contributed by atoms with Crippen molar-refractivity contribution in [1.29, 1.82) is 0 Å². The molecule has 9 heavy (non-hydrogen) atoms. The molecule has 1 N–H and O–H groups in total. The Morgan fingerprint density at radius 2 is 2.00 bits per heavy atom. The topological polar surface area (TPSA) is 72.8 Å². The molecule has 0 saturated carbocycles. The molecule has 0 amide bonds. The second kappa shape index (κ2) is 5.21. The molecule has 0 radical (unpaired) electrons. The maximum absolute atomic E-state index is 9.83. The van der Waals surface area contributed by atoms with E-state index >= 15 is 0 Å². The van der Waals surface area contributed by atoms with Crippen molar-refractivity contribution in [2.45, 2.75) is 0 Å². The van der Waals surface area contributed by atoms with Crippen LogP contribution in [-0.4, -0.2) is 43.2 Å². The van der Waals surface area contributed by atoms with Gasteiger partial charge in [-0.3, -0.25) is 0 Å². The fourth-order valence-corrected chi connectivity index (χ4v) is 0.303. The van der Waals surface area contributed by atoms with E-state index in [9.17, 15) is 8.42 Å². The van der Waals surface area contributed by atoms with E-state index in [0.717, 1.165) is 0 Å². The van der Waals surface area contributed by atoms with Crippen LogP contribution in [0.1, 0.15) is 0 Å². The molecule has 0 aromatic rings. The Morgan fingerprint density at radius 3 is 2.11 bits per heavy atom. The van der Waals surface area contributed by atoms with Crippen molar-refractivity contribution in [3.8, 4) is 0 Å². The fourth-order valence-electron chi connectivity index (χ4n) is 0.101. The van der Waals surface area contributed by atoms with E-state index in [0.29, 0.717) is 6.26 Å². The van der Waals surface area contributed by atoms with E-state index in [1.54, 1.807) is 0 Å². The van der Waals surface area contributed by atoms with Crippen LogP contribution in [0, 0.1) is 0 Å². The van der Waals surface area contributed by atoms with Crippen molar-refractivity contribution in [3.05, 3.63) is 12.8 Å². The first-order valence-corrected chi connectivity index (χ1v) is 2.83. The summed E-state index contributed by atoms with van der Waals surface area (Å²) in [5.41, 5.74) is 0. The monoisotopic (exact) mass is 164 g/mol. The molecule has 0 bridgehead atoms. The van der Waals surface area contributed by atoms with E-state index in [1.165, 1.54) is 0 Å². The Bertz CT molecular complexity index is 160. The molecule has 50 valence electrons. The summed E-state index contributed by atoms with van der Waals surface area (Å²) in [7, 11) is -4.23. The average molecular weight is 164 g/mol. The van der Waals surface area contributed by atoms with Crippen molar-refractivity contribution in [2.75, 3.05) is 0 Å². The molecule has 0 spiro atoms. The van der Waals surface area contributed by atoms with Crippen molar-refractivity contribution in [2.24, 2.45) is 0 Å². The normalized spacial score (nSPS) is 9.44. The summed E-state index contributed by atoms with van der Waals surface area (Å²) in [5, 5.41) is 7.46. The molecule has 7 heteroatoms. The first-order valence-electron chi connectivity index (χ1n) is 1.49. The summed E-state index contributed by atoms with van der Waals surface area (Å²) in [6, 6.07) is 0. The molecule has 0 aliphatic carbocycles. The Kier molecular flexibility index (Phi) is 7.02. The van der Waals surface area contributed by atoms with Crippen molar-refractivity contribution in [3.63, 3.8) is 0 Å². The van der Waals surface area contributed by atoms with Gasteiger partial charge in [0.15, 0.2) is 0 Å². The molecule has 0 saturated heterocycles. The zero-order chi connectivity index (χ0) is 6.62. The fraction of sp³-hybridized carbons (Fsp3) is 0. The summed E-state index contributed by atoms with van der Waals surface area (Å²) in [6.07, 6.45) is 0.617. The third-order valence-electron chi connectivity index (χ3n) is 0.277. The predicted octanol–water partition coefficient (Wildman–Crippen LogP) is -0.768. The summed E-state index contributed by atoms with van der Waals surface area (Å²) in [5.74, 6) is 0. The molecule has 5 nitrogen and oxygen atoms in total. The summed E-state index contributed by atoms with van der Waals surface area (Å²) < 4.78 is 26.2.